The fraction of sp³-hybridized carbons (Fsp3) is 0.565. The second-order valence-corrected chi connectivity index (χ2v) is 7.84. The Hall–Kier alpha value is -1.41. The van der Waals surface area contributed by atoms with Gasteiger partial charge in [-0.3, -0.25) is 0 Å². The topological polar surface area (TPSA) is 3.24 Å². The first kappa shape index (κ1) is 18.4. The quantitative estimate of drug-likeness (QED) is 0.629. The van der Waals surface area contributed by atoms with E-state index < -0.39 is 0 Å². The molecular formula is C23H32FN. The van der Waals surface area contributed by atoms with Crippen molar-refractivity contribution in [3.05, 3.63) is 58.9 Å². The lowest BCUT2D eigenvalue weighted by atomic mass is 9.79. The second-order valence-electron chi connectivity index (χ2n) is 7.84. The van der Waals surface area contributed by atoms with Crippen LogP contribution < -0.4 is 0 Å². The van der Waals surface area contributed by atoms with Gasteiger partial charge in [0.05, 0.1) is 0 Å². The maximum atomic E-state index is 13.2. The van der Waals surface area contributed by atoms with E-state index in [2.05, 4.69) is 30.2 Å². The number of rotatable bonds is 6. The van der Waals surface area contributed by atoms with E-state index in [1.54, 1.807) is 17.7 Å². The van der Waals surface area contributed by atoms with Gasteiger partial charge in [0.15, 0.2) is 0 Å². The van der Waals surface area contributed by atoms with Crippen molar-refractivity contribution >= 4 is 0 Å². The van der Waals surface area contributed by atoms with E-state index in [0.717, 1.165) is 36.9 Å². The zero-order valence-electron chi connectivity index (χ0n) is 15.8. The molecule has 1 aromatic carbocycles. The maximum absolute atomic E-state index is 13.2. The molecule has 0 saturated heterocycles. The minimum absolute atomic E-state index is 0.127. The molecule has 136 valence electrons. The average Bonchev–Trinajstić information content (AvgIpc) is 2.64. The summed E-state index contributed by atoms with van der Waals surface area (Å²) in [5.41, 5.74) is 3.96. The average molecular weight is 342 g/mol. The number of halogens is 1. The smallest absolute Gasteiger partial charge is 0.123 e. The van der Waals surface area contributed by atoms with Crippen molar-refractivity contribution in [1.29, 1.82) is 0 Å². The molecule has 1 saturated carbocycles. The van der Waals surface area contributed by atoms with Gasteiger partial charge in [0.1, 0.15) is 5.82 Å². The van der Waals surface area contributed by atoms with Crippen LogP contribution in [0.25, 0.3) is 0 Å². The van der Waals surface area contributed by atoms with Crippen LogP contribution in [0.2, 0.25) is 0 Å². The van der Waals surface area contributed by atoms with Crippen molar-refractivity contribution in [1.82, 2.24) is 4.90 Å². The summed E-state index contributed by atoms with van der Waals surface area (Å²) in [4.78, 5) is 2.56. The van der Waals surface area contributed by atoms with Crippen LogP contribution in [0.5, 0.6) is 0 Å². The largest absolute Gasteiger partial charge is 0.303 e. The predicted octanol–water partition coefficient (Wildman–Crippen LogP) is 5.83. The monoisotopic (exact) mass is 341 g/mol. The molecule has 2 aliphatic rings. The third-order valence-electron chi connectivity index (χ3n) is 6.08. The molecule has 0 atom stereocenters. The van der Waals surface area contributed by atoms with Crippen molar-refractivity contribution in [3.8, 4) is 0 Å². The van der Waals surface area contributed by atoms with Gasteiger partial charge in [0.2, 0.25) is 0 Å². The fourth-order valence-corrected chi connectivity index (χ4v) is 4.43. The van der Waals surface area contributed by atoms with E-state index in [0.29, 0.717) is 0 Å². The molecule has 0 unspecified atom stereocenters. The lowest BCUT2D eigenvalue weighted by Crippen LogP contribution is -2.36. The Kier molecular flexibility index (Phi) is 6.47. The van der Waals surface area contributed by atoms with E-state index in [1.165, 1.54) is 44.1 Å². The van der Waals surface area contributed by atoms with Crippen LogP contribution in [0.3, 0.4) is 0 Å². The molecule has 0 N–H and O–H groups in total. The summed E-state index contributed by atoms with van der Waals surface area (Å²) in [6.07, 6.45) is 17.1. The summed E-state index contributed by atoms with van der Waals surface area (Å²) in [6, 6.07) is 5.91. The Labute approximate surface area is 152 Å². The van der Waals surface area contributed by atoms with E-state index in [9.17, 15) is 4.39 Å². The van der Waals surface area contributed by atoms with Crippen LogP contribution >= 0.6 is 0 Å². The highest BCUT2D eigenvalue weighted by atomic mass is 19.1. The molecule has 0 heterocycles. The zero-order valence-corrected chi connectivity index (χ0v) is 15.8. The predicted molar refractivity (Wildman–Crippen MR) is 104 cm³/mol. The van der Waals surface area contributed by atoms with Crippen LogP contribution in [0.4, 0.5) is 4.39 Å². The molecule has 1 nitrogen and oxygen atoms in total. The molecule has 3 rings (SSSR count). The van der Waals surface area contributed by atoms with E-state index >= 15 is 0 Å². The molecule has 0 bridgehead atoms. The van der Waals surface area contributed by atoms with Crippen molar-refractivity contribution in [2.75, 3.05) is 13.6 Å². The second kappa shape index (κ2) is 8.80. The van der Waals surface area contributed by atoms with Crippen LogP contribution in [0, 0.1) is 18.7 Å². The SMILES string of the molecule is Cc1cc(F)ccc1CCCN(C)C1CCC(C2=CCCC=C2)CC1. The first-order chi connectivity index (χ1) is 12.1. The van der Waals surface area contributed by atoms with E-state index in [4.69, 9.17) is 0 Å². The Morgan fingerprint density at radius 1 is 1.12 bits per heavy atom. The number of benzene rings is 1. The summed E-state index contributed by atoms with van der Waals surface area (Å²) in [7, 11) is 2.28. The van der Waals surface area contributed by atoms with Crippen LogP contribution in [0.15, 0.2) is 42.0 Å². The van der Waals surface area contributed by atoms with Gasteiger partial charge in [-0.25, -0.2) is 4.39 Å². The molecule has 0 amide bonds. The number of allylic oxidation sites excluding steroid dienone is 4. The van der Waals surface area contributed by atoms with Gasteiger partial charge in [0, 0.05) is 6.04 Å². The minimum atomic E-state index is -0.127. The molecule has 0 aliphatic heterocycles. The van der Waals surface area contributed by atoms with Gasteiger partial charge in [-0.05, 0) is 107 Å². The van der Waals surface area contributed by atoms with Crippen molar-refractivity contribution in [2.45, 2.75) is 64.3 Å². The number of hydrogen-bond donors (Lipinski definition) is 0. The molecule has 2 aliphatic carbocycles. The van der Waals surface area contributed by atoms with E-state index in [-0.39, 0.29) is 5.82 Å². The first-order valence-electron chi connectivity index (χ1n) is 9.95. The van der Waals surface area contributed by atoms with Gasteiger partial charge in [-0.1, -0.05) is 24.3 Å². The summed E-state index contributed by atoms with van der Waals surface area (Å²) < 4.78 is 13.2. The van der Waals surface area contributed by atoms with Crippen LogP contribution in [0.1, 0.15) is 56.1 Å². The number of aryl methyl sites for hydroxylation is 2. The maximum Gasteiger partial charge on any atom is 0.123 e. The minimum Gasteiger partial charge on any atom is -0.303 e. The summed E-state index contributed by atoms with van der Waals surface area (Å²) in [5, 5.41) is 0. The Morgan fingerprint density at radius 3 is 2.60 bits per heavy atom. The van der Waals surface area contributed by atoms with Gasteiger partial charge in [-0.15, -0.1) is 0 Å². The van der Waals surface area contributed by atoms with Gasteiger partial charge in [-0.2, -0.15) is 0 Å². The summed E-state index contributed by atoms with van der Waals surface area (Å²) in [5.74, 6) is 0.668. The van der Waals surface area contributed by atoms with Gasteiger partial charge < -0.3 is 4.90 Å². The van der Waals surface area contributed by atoms with Crippen molar-refractivity contribution in [2.24, 2.45) is 5.92 Å². The first-order valence-corrected chi connectivity index (χ1v) is 9.95. The Balaban J connectivity index is 1.41. The highest BCUT2D eigenvalue weighted by Gasteiger charge is 2.25. The number of nitrogens with zero attached hydrogens (tertiary/aromatic N) is 1. The van der Waals surface area contributed by atoms with Crippen LogP contribution in [-0.2, 0) is 6.42 Å². The van der Waals surface area contributed by atoms with Crippen LogP contribution in [-0.4, -0.2) is 24.5 Å². The zero-order chi connectivity index (χ0) is 17.6. The molecular weight excluding hydrogens is 309 g/mol. The third kappa shape index (κ3) is 5.04. The Bertz CT molecular complexity index is 623. The number of hydrogen-bond acceptors (Lipinski definition) is 1. The summed E-state index contributed by atoms with van der Waals surface area (Å²) >= 11 is 0. The van der Waals surface area contributed by atoms with E-state index in [1.807, 2.05) is 13.0 Å². The van der Waals surface area contributed by atoms with Crippen molar-refractivity contribution < 1.29 is 4.39 Å². The molecule has 0 spiro atoms. The highest BCUT2D eigenvalue weighted by molar-refractivity contribution is 5.27. The molecule has 2 heteroatoms. The Morgan fingerprint density at radius 2 is 1.92 bits per heavy atom. The van der Waals surface area contributed by atoms with Crippen molar-refractivity contribution in [3.63, 3.8) is 0 Å². The van der Waals surface area contributed by atoms with Gasteiger partial charge in [0.25, 0.3) is 0 Å². The third-order valence-corrected chi connectivity index (χ3v) is 6.08. The lowest BCUT2D eigenvalue weighted by Gasteiger charge is -2.35. The van der Waals surface area contributed by atoms with Gasteiger partial charge >= 0.3 is 0 Å². The molecule has 0 aromatic heterocycles. The molecule has 1 aromatic rings. The highest BCUT2D eigenvalue weighted by Crippen LogP contribution is 2.34. The molecule has 25 heavy (non-hydrogen) atoms. The fourth-order valence-electron chi connectivity index (χ4n) is 4.43. The standard InChI is InChI=1S/C23H32FN/c1-18-17-22(24)13-10-19(18)9-6-16-25(2)23-14-11-21(12-15-23)20-7-4-3-5-8-20/h4,7-8,10,13,17,21,23H,3,5-6,9,11-12,14-16H2,1-2H3. The molecule has 0 radical (unpaired) electrons. The summed E-state index contributed by atoms with van der Waals surface area (Å²) in [6.45, 7) is 3.15. The normalized spacial score (nSPS) is 23.8. The molecule has 1 fully saturated rings. The lowest BCUT2D eigenvalue weighted by molar-refractivity contribution is 0.173.